The van der Waals surface area contributed by atoms with Crippen LogP contribution in [0.25, 0.3) is 10.8 Å². The minimum absolute atomic E-state index is 0.0551. The van der Waals surface area contributed by atoms with Gasteiger partial charge in [-0.05, 0) is 22.8 Å². The molecule has 1 amide bonds. The highest BCUT2D eigenvalue weighted by atomic mass is 16.3. The number of hydrazine groups is 1. The van der Waals surface area contributed by atoms with Crippen LogP contribution in [0.3, 0.4) is 0 Å². The van der Waals surface area contributed by atoms with Crippen molar-refractivity contribution >= 4 is 16.7 Å². The molecule has 2 aromatic rings. The summed E-state index contributed by atoms with van der Waals surface area (Å²) >= 11 is 0. The van der Waals surface area contributed by atoms with Crippen LogP contribution in [0.1, 0.15) is 24.4 Å². The Bertz CT molecular complexity index is 743. The topological polar surface area (TPSA) is 64.6 Å². The molecular weight excluding hydrogens is 302 g/mol. The van der Waals surface area contributed by atoms with Gasteiger partial charge in [-0.25, -0.2) is 5.43 Å². The zero-order valence-corrected chi connectivity index (χ0v) is 13.6. The summed E-state index contributed by atoms with van der Waals surface area (Å²) in [6.07, 6.45) is 1.16. The van der Waals surface area contributed by atoms with Crippen LogP contribution in [0, 0.1) is 5.92 Å². The van der Waals surface area contributed by atoms with E-state index in [9.17, 15) is 4.79 Å². The number of nitrogens with one attached hydrogen (secondary N) is 2. The van der Waals surface area contributed by atoms with E-state index in [1.165, 1.54) is 16.3 Å². The second kappa shape index (κ2) is 6.51. The molecule has 3 unspecified atom stereocenters. The number of hydrogen-bond acceptors (Lipinski definition) is 4. The van der Waals surface area contributed by atoms with Gasteiger partial charge in [-0.2, -0.15) is 0 Å². The van der Waals surface area contributed by atoms with Crippen molar-refractivity contribution in [3.63, 3.8) is 0 Å². The molecule has 2 fully saturated rings. The molecule has 2 aliphatic rings. The first kappa shape index (κ1) is 15.6. The zero-order chi connectivity index (χ0) is 16.5. The van der Waals surface area contributed by atoms with Gasteiger partial charge in [-0.3, -0.25) is 10.2 Å². The Morgan fingerprint density at radius 3 is 2.88 bits per heavy atom. The van der Waals surface area contributed by atoms with E-state index in [4.69, 9.17) is 5.11 Å². The highest BCUT2D eigenvalue weighted by molar-refractivity contribution is 5.86. The smallest absolute Gasteiger partial charge is 0.224 e. The summed E-state index contributed by atoms with van der Waals surface area (Å²) in [5.74, 6) is 0.395. The molecule has 2 heterocycles. The number of benzene rings is 2. The van der Waals surface area contributed by atoms with Crippen LogP contribution in [0.2, 0.25) is 0 Å². The quantitative estimate of drug-likeness (QED) is 0.802. The van der Waals surface area contributed by atoms with E-state index in [-0.39, 0.29) is 25.0 Å². The minimum atomic E-state index is -0.0767. The number of carbonyl (C=O) groups excluding carboxylic acids is 1. The first-order valence-corrected chi connectivity index (χ1v) is 8.65. The molecule has 0 spiro atoms. The van der Waals surface area contributed by atoms with Gasteiger partial charge in [0, 0.05) is 31.5 Å². The van der Waals surface area contributed by atoms with Crippen molar-refractivity contribution in [2.45, 2.75) is 24.9 Å². The second-order valence-corrected chi connectivity index (χ2v) is 6.71. The number of hydrogen-bond donors (Lipinski definition) is 3. The van der Waals surface area contributed by atoms with Gasteiger partial charge in [-0.15, -0.1) is 0 Å². The Balaban J connectivity index is 1.63. The first-order chi connectivity index (χ1) is 11.8. The molecule has 4 rings (SSSR count). The summed E-state index contributed by atoms with van der Waals surface area (Å²) in [6, 6.07) is 15.4. The molecule has 126 valence electrons. The van der Waals surface area contributed by atoms with Crippen LogP contribution >= 0.6 is 0 Å². The van der Waals surface area contributed by atoms with Crippen molar-refractivity contribution in [3.8, 4) is 0 Å². The SMILES string of the molecule is O=C(CCO)N1CCC2NNC(c3cccc4ccccc34)C2C1. The van der Waals surface area contributed by atoms with Crippen molar-refractivity contribution < 1.29 is 9.90 Å². The first-order valence-electron chi connectivity index (χ1n) is 8.65. The highest BCUT2D eigenvalue weighted by Gasteiger charge is 2.41. The molecule has 2 saturated heterocycles. The third-order valence-electron chi connectivity index (χ3n) is 5.35. The van der Waals surface area contributed by atoms with Crippen molar-refractivity contribution in [3.05, 3.63) is 48.0 Å². The van der Waals surface area contributed by atoms with Crippen LogP contribution in [0.15, 0.2) is 42.5 Å². The van der Waals surface area contributed by atoms with Crippen molar-refractivity contribution in [1.29, 1.82) is 0 Å². The molecule has 0 bridgehead atoms. The zero-order valence-electron chi connectivity index (χ0n) is 13.6. The minimum Gasteiger partial charge on any atom is -0.396 e. The van der Waals surface area contributed by atoms with Gasteiger partial charge in [0.2, 0.25) is 5.91 Å². The van der Waals surface area contributed by atoms with Gasteiger partial charge in [-0.1, -0.05) is 42.5 Å². The summed E-state index contributed by atoms with van der Waals surface area (Å²) in [5.41, 5.74) is 8.17. The second-order valence-electron chi connectivity index (χ2n) is 6.71. The monoisotopic (exact) mass is 325 g/mol. The van der Waals surface area contributed by atoms with E-state index in [0.29, 0.717) is 12.0 Å². The van der Waals surface area contributed by atoms with E-state index < -0.39 is 0 Å². The number of aliphatic hydroxyl groups is 1. The van der Waals surface area contributed by atoms with Crippen molar-refractivity contribution in [2.75, 3.05) is 19.7 Å². The number of amides is 1. The Hall–Kier alpha value is -1.95. The molecule has 5 heteroatoms. The van der Waals surface area contributed by atoms with E-state index in [0.717, 1.165) is 19.5 Å². The van der Waals surface area contributed by atoms with Gasteiger partial charge >= 0.3 is 0 Å². The molecule has 2 aromatic carbocycles. The van der Waals surface area contributed by atoms with E-state index in [1.54, 1.807) is 0 Å². The molecule has 0 saturated carbocycles. The van der Waals surface area contributed by atoms with E-state index in [2.05, 4.69) is 53.3 Å². The lowest BCUT2D eigenvalue weighted by molar-refractivity contribution is -0.133. The fourth-order valence-electron chi connectivity index (χ4n) is 4.11. The molecule has 0 radical (unpaired) electrons. The van der Waals surface area contributed by atoms with Gasteiger partial charge < -0.3 is 10.0 Å². The average Bonchev–Trinajstić information content (AvgIpc) is 3.04. The molecule has 5 nitrogen and oxygen atoms in total. The molecular formula is C19H23N3O2. The highest BCUT2D eigenvalue weighted by Crippen LogP contribution is 2.36. The van der Waals surface area contributed by atoms with Crippen molar-refractivity contribution in [1.82, 2.24) is 15.8 Å². The number of nitrogens with zero attached hydrogens (tertiary/aromatic N) is 1. The Morgan fingerprint density at radius 2 is 2.00 bits per heavy atom. The number of likely N-dealkylation sites (tertiary alicyclic amines) is 1. The van der Waals surface area contributed by atoms with E-state index in [1.807, 2.05) is 4.90 Å². The summed E-state index contributed by atoms with van der Waals surface area (Å²) in [7, 11) is 0. The molecule has 0 aliphatic carbocycles. The Labute approximate surface area is 141 Å². The predicted octanol–water partition coefficient (Wildman–Crippen LogP) is 1.59. The van der Waals surface area contributed by atoms with Crippen LogP contribution in [0.5, 0.6) is 0 Å². The molecule has 3 atom stereocenters. The normalized spacial score (nSPS) is 26.5. The summed E-state index contributed by atoms with van der Waals surface area (Å²) in [5, 5.41) is 11.5. The average molecular weight is 325 g/mol. The van der Waals surface area contributed by atoms with Gasteiger partial charge in [0.1, 0.15) is 0 Å². The number of fused-ring (bicyclic) bond motifs is 2. The number of carbonyl (C=O) groups is 1. The maximum atomic E-state index is 12.2. The molecule has 24 heavy (non-hydrogen) atoms. The molecule has 0 aromatic heterocycles. The lowest BCUT2D eigenvalue weighted by Gasteiger charge is -2.36. The fraction of sp³-hybridized carbons (Fsp3) is 0.421. The predicted molar refractivity (Wildman–Crippen MR) is 93.1 cm³/mol. The summed E-state index contributed by atoms with van der Waals surface area (Å²) in [4.78, 5) is 14.1. The van der Waals surface area contributed by atoms with Crippen LogP contribution in [-0.2, 0) is 4.79 Å². The van der Waals surface area contributed by atoms with Crippen LogP contribution < -0.4 is 10.9 Å². The third-order valence-corrected chi connectivity index (χ3v) is 5.35. The van der Waals surface area contributed by atoms with E-state index >= 15 is 0 Å². The largest absolute Gasteiger partial charge is 0.396 e. The number of rotatable bonds is 3. The Kier molecular flexibility index (Phi) is 4.22. The maximum absolute atomic E-state index is 12.2. The van der Waals surface area contributed by atoms with Crippen molar-refractivity contribution in [2.24, 2.45) is 5.92 Å². The molecule has 2 aliphatic heterocycles. The van der Waals surface area contributed by atoms with Gasteiger partial charge in [0.15, 0.2) is 0 Å². The van der Waals surface area contributed by atoms with Gasteiger partial charge in [0.25, 0.3) is 0 Å². The third kappa shape index (κ3) is 2.69. The van der Waals surface area contributed by atoms with Crippen LogP contribution in [-0.4, -0.2) is 41.7 Å². The van der Waals surface area contributed by atoms with Crippen LogP contribution in [0.4, 0.5) is 0 Å². The summed E-state index contributed by atoms with van der Waals surface area (Å²) in [6.45, 7) is 1.42. The van der Waals surface area contributed by atoms with Gasteiger partial charge in [0.05, 0.1) is 12.6 Å². The lowest BCUT2D eigenvalue weighted by Crippen LogP contribution is -2.48. The fourth-order valence-corrected chi connectivity index (χ4v) is 4.11. The standard InChI is InChI=1S/C19H23N3O2/c23-11-9-18(24)22-10-8-17-16(12-22)19(21-20-17)15-7-3-5-13-4-1-2-6-14(13)15/h1-7,16-17,19-21,23H,8-12H2. The molecule has 3 N–H and O–H groups in total. The number of aliphatic hydroxyl groups excluding tert-OH is 1. The summed E-state index contributed by atoms with van der Waals surface area (Å²) < 4.78 is 0. The lowest BCUT2D eigenvalue weighted by atomic mass is 9.83. The number of piperidine rings is 1. The maximum Gasteiger partial charge on any atom is 0.224 e. The Morgan fingerprint density at radius 1 is 1.17 bits per heavy atom.